The fourth-order valence-electron chi connectivity index (χ4n) is 0.592. The highest BCUT2D eigenvalue weighted by atomic mass is 19.3. The van der Waals surface area contributed by atoms with Crippen molar-refractivity contribution in [1.29, 1.82) is 0 Å². The lowest BCUT2D eigenvalue weighted by molar-refractivity contribution is -0.132. The molecule has 0 atom stereocenters. The van der Waals surface area contributed by atoms with Crippen LogP contribution in [0.5, 0.6) is 0 Å². The molecule has 0 aromatic rings. The highest BCUT2D eigenvalue weighted by Gasteiger charge is 2.43. The maximum atomic E-state index is 13.3. The fourth-order valence-corrected chi connectivity index (χ4v) is 0.592. The van der Waals surface area contributed by atoms with E-state index >= 15 is 0 Å². The molecule has 110 valence electrons. The molecule has 0 aliphatic heterocycles. The van der Waals surface area contributed by atoms with Crippen LogP contribution in [0.15, 0.2) is 37.0 Å². The SMILES string of the molecule is C=C.CC.[B]C(=C/C)/C=C/OCC(F)(F)C(C)(C)C. The van der Waals surface area contributed by atoms with E-state index in [2.05, 4.69) is 13.2 Å². The monoisotopic (exact) mass is 272 g/mol. The molecule has 0 N–H and O–H groups in total. The van der Waals surface area contributed by atoms with E-state index in [1.54, 1.807) is 13.0 Å². The van der Waals surface area contributed by atoms with Crippen molar-refractivity contribution in [1.82, 2.24) is 0 Å². The Kier molecular flexibility index (Phi) is 14.6. The van der Waals surface area contributed by atoms with E-state index in [1.165, 1.54) is 33.1 Å². The van der Waals surface area contributed by atoms with Crippen LogP contribution in [0.2, 0.25) is 0 Å². The van der Waals surface area contributed by atoms with Gasteiger partial charge in [-0.2, -0.15) is 0 Å². The minimum atomic E-state index is -2.86. The highest BCUT2D eigenvalue weighted by Crippen LogP contribution is 2.35. The lowest BCUT2D eigenvalue weighted by Gasteiger charge is -2.29. The van der Waals surface area contributed by atoms with Crippen LogP contribution in [-0.4, -0.2) is 20.4 Å². The topological polar surface area (TPSA) is 9.23 Å². The minimum absolute atomic E-state index is 0.481. The summed E-state index contributed by atoms with van der Waals surface area (Å²) < 4.78 is 31.4. The van der Waals surface area contributed by atoms with Crippen molar-refractivity contribution in [3.8, 4) is 0 Å². The van der Waals surface area contributed by atoms with E-state index in [9.17, 15) is 8.78 Å². The molecule has 4 heteroatoms. The first kappa shape index (κ1) is 23.1. The maximum absolute atomic E-state index is 13.3. The van der Waals surface area contributed by atoms with E-state index in [1.807, 2.05) is 13.8 Å². The molecule has 0 unspecified atom stereocenters. The molecule has 0 aliphatic carbocycles. The molecule has 0 spiro atoms. The Hall–Kier alpha value is -1.06. The first-order valence-electron chi connectivity index (χ1n) is 6.28. The van der Waals surface area contributed by atoms with E-state index in [0.29, 0.717) is 5.47 Å². The van der Waals surface area contributed by atoms with Gasteiger partial charge in [0.15, 0.2) is 6.61 Å². The largest absolute Gasteiger partial charge is 0.495 e. The first-order chi connectivity index (χ1) is 8.70. The van der Waals surface area contributed by atoms with Gasteiger partial charge >= 0.3 is 0 Å². The molecule has 2 radical (unpaired) electrons. The second kappa shape index (κ2) is 12.0. The third-order valence-electron chi connectivity index (χ3n) is 2.05. The van der Waals surface area contributed by atoms with Gasteiger partial charge in [-0.25, -0.2) is 8.78 Å². The average Bonchev–Trinajstić information content (AvgIpc) is 2.37. The lowest BCUT2D eigenvalue weighted by Crippen LogP contribution is -2.37. The van der Waals surface area contributed by atoms with Gasteiger partial charge in [-0.05, 0) is 13.0 Å². The van der Waals surface area contributed by atoms with Crippen molar-refractivity contribution in [2.45, 2.75) is 47.5 Å². The summed E-state index contributed by atoms with van der Waals surface area (Å²) in [6, 6.07) is 0. The molecule has 0 saturated heterocycles. The number of hydrogen-bond donors (Lipinski definition) is 0. The smallest absolute Gasteiger partial charge is 0.286 e. The Bertz CT molecular complexity index is 266. The van der Waals surface area contributed by atoms with Gasteiger partial charge in [-0.1, -0.05) is 46.2 Å². The Morgan fingerprint density at radius 3 is 1.95 bits per heavy atom. The zero-order chi connectivity index (χ0) is 16.1. The summed E-state index contributed by atoms with van der Waals surface area (Å²) in [5.41, 5.74) is -0.624. The van der Waals surface area contributed by atoms with Crippen molar-refractivity contribution in [2.24, 2.45) is 5.41 Å². The Morgan fingerprint density at radius 2 is 1.63 bits per heavy atom. The first-order valence-corrected chi connectivity index (χ1v) is 6.28. The quantitative estimate of drug-likeness (QED) is 0.299. The van der Waals surface area contributed by atoms with Crippen LogP contribution in [-0.2, 0) is 4.74 Å². The van der Waals surface area contributed by atoms with Gasteiger partial charge in [-0.15, -0.1) is 13.2 Å². The second-order valence-corrected chi connectivity index (χ2v) is 4.36. The molecule has 0 heterocycles. The molecule has 0 bridgehead atoms. The zero-order valence-corrected chi connectivity index (χ0v) is 13.1. The molecule has 0 aliphatic rings. The molecule has 0 aromatic heterocycles. The van der Waals surface area contributed by atoms with Gasteiger partial charge in [0.25, 0.3) is 5.92 Å². The average molecular weight is 272 g/mol. The summed E-state index contributed by atoms with van der Waals surface area (Å²) in [6.45, 7) is 15.5. The van der Waals surface area contributed by atoms with Crippen LogP contribution < -0.4 is 0 Å². The predicted octanol–water partition coefficient (Wildman–Crippen LogP) is 5.10. The van der Waals surface area contributed by atoms with Crippen molar-refractivity contribution in [3.05, 3.63) is 37.0 Å². The molecule has 1 nitrogen and oxygen atoms in total. The summed E-state index contributed by atoms with van der Waals surface area (Å²) in [7, 11) is 5.42. The number of halogens is 2. The van der Waals surface area contributed by atoms with E-state index < -0.39 is 17.9 Å². The molecular weight excluding hydrogens is 245 g/mol. The lowest BCUT2D eigenvalue weighted by atomic mass is 9.88. The molecule has 0 saturated carbocycles. The summed E-state index contributed by atoms with van der Waals surface area (Å²) in [4.78, 5) is 0. The van der Waals surface area contributed by atoms with E-state index in [4.69, 9.17) is 12.6 Å². The van der Waals surface area contributed by atoms with Gasteiger partial charge in [0, 0.05) is 5.41 Å². The van der Waals surface area contributed by atoms with Crippen molar-refractivity contribution >= 4 is 7.85 Å². The molecule has 0 amide bonds. The van der Waals surface area contributed by atoms with Crippen molar-refractivity contribution < 1.29 is 13.5 Å². The van der Waals surface area contributed by atoms with Crippen LogP contribution in [0, 0.1) is 5.41 Å². The van der Waals surface area contributed by atoms with Crippen LogP contribution in [0.4, 0.5) is 8.78 Å². The van der Waals surface area contributed by atoms with Crippen LogP contribution in [0.25, 0.3) is 0 Å². The van der Waals surface area contributed by atoms with Crippen molar-refractivity contribution in [3.63, 3.8) is 0 Å². The van der Waals surface area contributed by atoms with Gasteiger partial charge in [0.1, 0.15) is 7.85 Å². The highest BCUT2D eigenvalue weighted by molar-refractivity contribution is 6.23. The minimum Gasteiger partial charge on any atom is -0.495 e. The molecule has 0 aromatic carbocycles. The number of hydrogen-bond acceptors (Lipinski definition) is 1. The second-order valence-electron chi connectivity index (χ2n) is 4.36. The van der Waals surface area contributed by atoms with Gasteiger partial charge < -0.3 is 4.74 Å². The van der Waals surface area contributed by atoms with Gasteiger partial charge in [-0.3, -0.25) is 0 Å². The predicted molar refractivity (Wildman–Crippen MR) is 81.6 cm³/mol. The molecule has 19 heavy (non-hydrogen) atoms. The maximum Gasteiger partial charge on any atom is 0.286 e. The standard InChI is InChI=1S/C11H17BF2O.C2H6.C2H4/c1-5-9(12)6-7-15-8-11(13,14)10(2,3)4;2*1-2/h5-7H,8H2,1-4H3;1-2H3;1-2H2/b7-6+,9-5+;;. The number of alkyl halides is 2. The van der Waals surface area contributed by atoms with Gasteiger partial charge in [0.2, 0.25) is 0 Å². The Balaban J connectivity index is -0.000000579. The normalized spacial score (nSPS) is 12.1. The van der Waals surface area contributed by atoms with Crippen molar-refractivity contribution in [2.75, 3.05) is 6.61 Å². The summed E-state index contributed by atoms with van der Waals surface area (Å²) in [6.07, 6.45) is 4.29. The third-order valence-corrected chi connectivity index (χ3v) is 2.05. The summed E-state index contributed by atoms with van der Waals surface area (Å²) in [5.74, 6) is -2.86. The summed E-state index contributed by atoms with van der Waals surface area (Å²) >= 11 is 0. The van der Waals surface area contributed by atoms with E-state index in [0.717, 1.165) is 0 Å². The summed E-state index contributed by atoms with van der Waals surface area (Å²) in [5, 5.41) is 0. The molecule has 0 fully saturated rings. The number of rotatable bonds is 4. The van der Waals surface area contributed by atoms with Gasteiger partial charge in [0.05, 0.1) is 6.26 Å². The Morgan fingerprint density at radius 1 is 1.21 bits per heavy atom. The fraction of sp³-hybridized carbons (Fsp3) is 0.600. The molecular formula is C15H27BF2O. The number of ether oxygens (including phenoxy) is 1. The third kappa shape index (κ3) is 11.8. The molecule has 0 rings (SSSR count). The zero-order valence-electron chi connectivity index (χ0n) is 13.1. The van der Waals surface area contributed by atoms with E-state index in [-0.39, 0.29) is 0 Å². The number of allylic oxidation sites excluding steroid dienone is 3. The van der Waals surface area contributed by atoms with Crippen LogP contribution in [0.1, 0.15) is 41.5 Å². The van der Waals surface area contributed by atoms with Crippen LogP contribution in [0.3, 0.4) is 0 Å². The van der Waals surface area contributed by atoms with Crippen LogP contribution >= 0.6 is 0 Å². The Labute approximate surface area is 118 Å².